The van der Waals surface area contributed by atoms with E-state index in [0.29, 0.717) is 6.61 Å². The second-order valence-electron chi connectivity index (χ2n) is 2.51. The molecule has 1 aromatic carbocycles. The van der Waals surface area contributed by atoms with Crippen LogP contribution in [0.1, 0.15) is 0 Å². The normalized spacial score (nSPS) is 13.1. The summed E-state index contributed by atoms with van der Waals surface area (Å²) in [4.78, 5) is 0. The Morgan fingerprint density at radius 3 is 2.69 bits per heavy atom. The first-order chi connectivity index (χ1) is 6.33. The lowest BCUT2D eigenvalue weighted by molar-refractivity contribution is 0.144. The summed E-state index contributed by atoms with van der Waals surface area (Å²) < 4.78 is 7.09. The van der Waals surface area contributed by atoms with Gasteiger partial charge in [-0.15, -0.1) is 0 Å². The number of para-hydroxylation sites is 1. The van der Waals surface area contributed by atoms with Crippen LogP contribution in [0.4, 0.5) is 0 Å². The first-order valence-corrected chi connectivity index (χ1v) is 5.20. The molecule has 0 amide bonds. The predicted molar refractivity (Wildman–Crippen MR) is 61.1 cm³/mol. The van der Waals surface area contributed by atoms with Crippen molar-refractivity contribution >= 4 is 22.6 Å². The van der Waals surface area contributed by atoms with Gasteiger partial charge in [0.2, 0.25) is 0 Å². The van der Waals surface area contributed by atoms with Crippen molar-refractivity contribution in [3.05, 3.63) is 40.5 Å². The Labute approximate surface area is 91.4 Å². The van der Waals surface area contributed by atoms with Crippen LogP contribution in [-0.2, 0) is 0 Å². The lowest BCUT2D eigenvalue weighted by Gasteiger charge is -2.07. The highest BCUT2D eigenvalue weighted by Gasteiger charge is 1.98. The summed E-state index contributed by atoms with van der Waals surface area (Å²) in [6.45, 7) is 0.295. The maximum absolute atomic E-state index is 9.29. The number of aliphatic hydroxyl groups is 1. The molecule has 0 saturated heterocycles. The van der Waals surface area contributed by atoms with Crippen LogP contribution < -0.4 is 4.74 Å². The molecule has 0 radical (unpaired) electrons. The van der Waals surface area contributed by atoms with E-state index in [9.17, 15) is 5.11 Å². The summed E-state index contributed by atoms with van der Waals surface area (Å²) in [5, 5.41) is 9.29. The molecule has 0 aliphatic rings. The van der Waals surface area contributed by atoms with Crippen molar-refractivity contribution in [1.29, 1.82) is 0 Å². The van der Waals surface area contributed by atoms with Gasteiger partial charge in [0.15, 0.2) is 0 Å². The Hall–Kier alpha value is -0.550. The molecular formula is C10H11IO2. The van der Waals surface area contributed by atoms with Gasteiger partial charge in [0.05, 0.1) is 0 Å². The summed E-state index contributed by atoms with van der Waals surface area (Å²) >= 11 is 2.06. The minimum atomic E-state index is -0.530. The minimum Gasteiger partial charge on any atom is -0.491 e. The largest absolute Gasteiger partial charge is 0.491 e. The number of aliphatic hydroxyl groups excluding tert-OH is 1. The summed E-state index contributed by atoms with van der Waals surface area (Å²) in [6.07, 6.45) is 1.15. The van der Waals surface area contributed by atoms with Crippen molar-refractivity contribution < 1.29 is 9.84 Å². The fourth-order valence-corrected chi connectivity index (χ4v) is 1.32. The second kappa shape index (κ2) is 5.99. The highest BCUT2D eigenvalue weighted by atomic mass is 127. The first kappa shape index (κ1) is 10.5. The molecule has 1 rings (SSSR count). The lowest BCUT2D eigenvalue weighted by Crippen LogP contribution is -2.14. The zero-order chi connectivity index (χ0) is 9.52. The van der Waals surface area contributed by atoms with Gasteiger partial charge in [0.25, 0.3) is 0 Å². The molecule has 1 atom stereocenters. The highest BCUT2D eigenvalue weighted by molar-refractivity contribution is 14.1. The van der Waals surface area contributed by atoms with Crippen LogP contribution in [0.15, 0.2) is 40.5 Å². The number of benzene rings is 1. The first-order valence-electron chi connectivity index (χ1n) is 3.95. The number of rotatable bonds is 4. The van der Waals surface area contributed by atoms with Gasteiger partial charge in [-0.1, -0.05) is 40.8 Å². The van der Waals surface area contributed by atoms with Gasteiger partial charge >= 0.3 is 0 Å². The van der Waals surface area contributed by atoms with Gasteiger partial charge in [-0.25, -0.2) is 0 Å². The molecule has 0 heterocycles. The van der Waals surface area contributed by atoms with Crippen LogP contribution >= 0.6 is 22.6 Å². The van der Waals surface area contributed by atoms with Crippen molar-refractivity contribution in [2.24, 2.45) is 0 Å². The van der Waals surface area contributed by atoms with E-state index in [1.807, 2.05) is 30.3 Å². The van der Waals surface area contributed by atoms with E-state index in [-0.39, 0.29) is 0 Å². The fourth-order valence-electron chi connectivity index (χ4n) is 0.838. The zero-order valence-corrected chi connectivity index (χ0v) is 9.22. The molecule has 0 aliphatic carbocycles. The van der Waals surface area contributed by atoms with Crippen LogP contribution in [0.3, 0.4) is 0 Å². The highest BCUT2D eigenvalue weighted by Crippen LogP contribution is 2.08. The van der Waals surface area contributed by atoms with Crippen molar-refractivity contribution in [2.75, 3.05) is 6.61 Å². The Kier molecular flexibility index (Phi) is 4.85. The minimum absolute atomic E-state index is 0.295. The molecule has 0 fully saturated rings. The fraction of sp³-hybridized carbons (Fsp3) is 0.200. The van der Waals surface area contributed by atoms with Crippen LogP contribution in [0, 0.1) is 0 Å². The van der Waals surface area contributed by atoms with Gasteiger partial charge in [-0.3, -0.25) is 0 Å². The van der Waals surface area contributed by atoms with Gasteiger partial charge in [-0.2, -0.15) is 0 Å². The molecule has 0 spiro atoms. The van der Waals surface area contributed by atoms with E-state index in [2.05, 4.69) is 22.6 Å². The summed E-state index contributed by atoms with van der Waals surface area (Å²) in [5.41, 5.74) is 0. The summed E-state index contributed by atoms with van der Waals surface area (Å²) in [7, 11) is 0. The molecule has 0 aromatic heterocycles. The van der Waals surface area contributed by atoms with Gasteiger partial charge in [-0.05, 0) is 22.3 Å². The summed E-state index contributed by atoms with van der Waals surface area (Å²) in [6, 6.07) is 9.45. The molecule has 2 nitrogen and oxygen atoms in total. The second-order valence-corrected chi connectivity index (χ2v) is 3.23. The molecule has 1 aromatic rings. The Morgan fingerprint density at radius 1 is 1.38 bits per heavy atom. The molecule has 0 aliphatic heterocycles. The van der Waals surface area contributed by atoms with Crippen molar-refractivity contribution in [3.63, 3.8) is 0 Å². The van der Waals surface area contributed by atoms with E-state index in [4.69, 9.17) is 4.74 Å². The predicted octanol–water partition coefficient (Wildman–Crippen LogP) is 2.38. The molecule has 0 saturated carbocycles. The molecular weight excluding hydrogens is 279 g/mol. The smallest absolute Gasteiger partial charge is 0.119 e. The number of hydrogen-bond acceptors (Lipinski definition) is 2. The van der Waals surface area contributed by atoms with Crippen molar-refractivity contribution in [3.8, 4) is 5.75 Å². The van der Waals surface area contributed by atoms with Crippen LogP contribution in [0.5, 0.6) is 5.75 Å². The van der Waals surface area contributed by atoms with E-state index >= 15 is 0 Å². The maximum Gasteiger partial charge on any atom is 0.119 e. The SMILES string of the molecule is OC(/C=C/I)COc1ccccc1. The third-order valence-electron chi connectivity index (χ3n) is 1.46. The van der Waals surface area contributed by atoms with E-state index in [0.717, 1.165) is 5.75 Å². The Morgan fingerprint density at radius 2 is 2.08 bits per heavy atom. The molecule has 1 N–H and O–H groups in total. The molecule has 13 heavy (non-hydrogen) atoms. The number of halogens is 1. The third kappa shape index (κ3) is 4.28. The van der Waals surface area contributed by atoms with Crippen LogP contribution in [0.25, 0.3) is 0 Å². The third-order valence-corrected chi connectivity index (χ3v) is 1.87. The average Bonchev–Trinajstić information content (AvgIpc) is 2.17. The zero-order valence-electron chi connectivity index (χ0n) is 7.06. The van der Waals surface area contributed by atoms with E-state index in [1.54, 1.807) is 10.2 Å². The van der Waals surface area contributed by atoms with Crippen molar-refractivity contribution in [2.45, 2.75) is 6.10 Å². The number of hydrogen-bond donors (Lipinski definition) is 1. The quantitative estimate of drug-likeness (QED) is 0.863. The van der Waals surface area contributed by atoms with Gasteiger partial charge in [0, 0.05) is 0 Å². The van der Waals surface area contributed by atoms with E-state index in [1.165, 1.54) is 0 Å². The van der Waals surface area contributed by atoms with Gasteiger partial charge < -0.3 is 9.84 Å². The van der Waals surface area contributed by atoms with Gasteiger partial charge in [0.1, 0.15) is 18.5 Å². The summed E-state index contributed by atoms with van der Waals surface area (Å²) in [5.74, 6) is 0.781. The monoisotopic (exact) mass is 290 g/mol. The molecule has 1 unspecified atom stereocenters. The standard InChI is InChI=1S/C10H11IO2/c11-7-6-9(12)8-13-10-4-2-1-3-5-10/h1-7,9,12H,8H2/b7-6+. The molecule has 3 heteroatoms. The van der Waals surface area contributed by atoms with Crippen LogP contribution in [0.2, 0.25) is 0 Å². The van der Waals surface area contributed by atoms with Crippen molar-refractivity contribution in [1.82, 2.24) is 0 Å². The Bertz CT molecular complexity index is 259. The maximum atomic E-state index is 9.29. The topological polar surface area (TPSA) is 29.5 Å². The van der Waals surface area contributed by atoms with E-state index < -0.39 is 6.10 Å². The van der Waals surface area contributed by atoms with Crippen LogP contribution in [-0.4, -0.2) is 17.8 Å². The average molecular weight is 290 g/mol. The Balaban J connectivity index is 2.35. The molecule has 70 valence electrons. The lowest BCUT2D eigenvalue weighted by atomic mass is 10.3. The number of ether oxygens (including phenoxy) is 1. The molecule has 0 bridgehead atoms.